The molecule has 0 spiro atoms. The van der Waals surface area contributed by atoms with Crippen molar-refractivity contribution in [3.05, 3.63) is 93.9 Å². The molecule has 0 amide bonds. The number of rotatable bonds is 7. The molecule has 0 saturated heterocycles. The molecule has 32 heavy (non-hydrogen) atoms. The lowest BCUT2D eigenvalue weighted by atomic mass is 9.91. The molecule has 0 aliphatic heterocycles. The van der Waals surface area contributed by atoms with Gasteiger partial charge in [-0.25, -0.2) is 17.5 Å². The second-order valence-electron chi connectivity index (χ2n) is 8.38. The molecule has 2 aromatic carbocycles. The highest BCUT2D eigenvalue weighted by Crippen LogP contribution is 2.33. The van der Waals surface area contributed by atoms with Crippen LogP contribution in [0.1, 0.15) is 66.2 Å². The van der Waals surface area contributed by atoms with Crippen LogP contribution in [0.4, 0.5) is 4.39 Å². The molecule has 1 aromatic heterocycles. The van der Waals surface area contributed by atoms with Crippen LogP contribution in [0.2, 0.25) is 0 Å². The van der Waals surface area contributed by atoms with Crippen LogP contribution in [0.3, 0.4) is 0 Å². The van der Waals surface area contributed by atoms with Crippen LogP contribution in [0.5, 0.6) is 0 Å². The number of hydrogen-bond donors (Lipinski definition) is 2. The third kappa shape index (κ3) is 5.53. The summed E-state index contributed by atoms with van der Waals surface area (Å²) in [7, 11) is -3.63. The normalized spacial score (nSPS) is 17.8. The van der Waals surface area contributed by atoms with Gasteiger partial charge in [0.05, 0.1) is 5.69 Å². The quantitative estimate of drug-likeness (QED) is 0.480. The van der Waals surface area contributed by atoms with Gasteiger partial charge in [-0.2, -0.15) is 5.10 Å². The summed E-state index contributed by atoms with van der Waals surface area (Å²) in [6, 6.07) is 15.8. The van der Waals surface area contributed by atoms with Crippen LogP contribution in [0.15, 0.2) is 60.0 Å². The predicted octanol–water partition coefficient (Wildman–Crippen LogP) is 5.25. The number of H-pyrrole nitrogens is 1. The summed E-state index contributed by atoms with van der Waals surface area (Å²) in [6.07, 6.45) is 6.22. The maximum absolute atomic E-state index is 13.6. The predicted molar refractivity (Wildman–Crippen MR) is 125 cm³/mol. The van der Waals surface area contributed by atoms with E-state index in [-0.39, 0.29) is 17.8 Å². The van der Waals surface area contributed by atoms with E-state index in [0.29, 0.717) is 5.69 Å². The van der Waals surface area contributed by atoms with Gasteiger partial charge in [0, 0.05) is 28.6 Å². The fourth-order valence-corrected chi connectivity index (χ4v) is 5.39. The molecule has 0 fully saturated rings. The van der Waals surface area contributed by atoms with Gasteiger partial charge in [-0.1, -0.05) is 48.9 Å². The van der Waals surface area contributed by atoms with E-state index in [1.54, 1.807) is 18.2 Å². The molecule has 3 aromatic rings. The first-order valence-corrected chi connectivity index (χ1v) is 12.5. The van der Waals surface area contributed by atoms with Crippen LogP contribution in [0, 0.1) is 5.82 Å². The fourth-order valence-electron chi connectivity index (χ4n) is 4.37. The van der Waals surface area contributed by atoms with Crippen molar-refractivity contribution in [3.63, 3.8) is 0 Å². The van der Waals surface area contributed by atoms with Crippen molar-refractivity contribution in [3.8, 4) is 0 Å². The molecule has 1 aliphatic rings. The van der Waals surface area contributed by atoms with Crippen LogP contribution in [-0.4, -0.2) is 18.6 Å². The number of fused-ring (bicyclic) bond motifs is 1. The average molecular weight is 454 g/mol. The molecule has 1 unspecified atom stereocenters. The van der Waals surface area contributed by atoms with E-state index in [4.69, 9.17) is 0 Å². The first kappa shape index (κ1) is 22.4. The Labute approximate surface area is 188 Å². The van der Waals surface area contributed by atoms with Crippen molar-refractivity contribution in [2.45, 2.75) is 51.0 Å². The molecule has 1 aliphatic carbocycles. The summed E-state index contributed by atoms with van der Waals surface area (Å²) in [6.45, 7) is 1.82. The van der Waals surface area contributed by atoms with E-state index in [1.165, 1.54) is 11.5 Å². The summed E-state index contributed by atoms with van der Waals surface area (Å²) >= 11 is 0. The van der Waals surface area contributed by atoms with Crippen molar-refractivity contribution >= 4 is 16.1 Å². The van der Waals surface area contributed by atoms with Gasteiger partial charge in [0.15, 0.2) is 0 Å². The van der Waals surface area contributed by atoms with Crippen molar-refractivity contribution in [1.29, 1.82) is 0 Å². The van der Waals surface area contributed by atoms with Crippen LogP contribution >= 0.6 is 0 Å². The molecule has 5 nitrogen and oxygen atoms in total. The highest BCUT2D eigenvalue weighted by molar-refractivity contribution is 7.92. The lowest BCUT2D eigenvalue weighted by Crippen LogP contribution is -2.24. The van der Waals surface area contributed by atoms with Gasteiger partial charge in [-0.15, -0.1) is 0 Å². The van der Waals surface area contributed by atoms with Gasteiger partial charge in [-0.05, 0) is 61.9 Å². The molecule has 4 rings (SSSR count). The Morgan fingerprint density at radius 3 is 2.78 bits per heavy atom. The van der Waals surface area contributed by atoms with Crippen molar-refractivity contribution in [2.75, 3.05) is 0 Å². The zero-order valence-electron chi connectivity index (χ0n) is 18.1. The van der Waals surface area contributed by atoms with Gasteiger partial charge in [0.1, 0.15) is 5.82 Å². The zero-order chi connectivity index (χ0) is 22.6. The number of sulfonamides is 1. The Balaban J connectivity index is 1.51. The molecular formula is C25H28FN3O2S. The van der Waals surface area contributed by atoms with Gasteiger partial charge >= 0.3 is 0 Å². The number of nitrogens with zero attached hydrogens (tertiary/aromatic N) is 1. The maximum Gasteiger partial charge on any atom is 0.234 e. The van der Waals surface area contributed by atoms with E-state index >= 15 is 0 Å². The first-order valence-electron chi connectivity index (χ1n) is 11.0. The Kier molecular flexibility index (Phi) is 6.86. The lowest BCUT2D eigenvalue weighted by molar-refractivity contribution is 0.573. The number of hydrogen-bond acceptors (Lipinski definition) is 3. The Morgan fingerprint density at radius 1 is 1.19 bits per heavy atom. The first-order chi connectivity index (χ1) is 15.4. The zero-order valence-corrected chi connectivity index (χ0v) is 18.9. The third-order valence-corrected chi connectivity index (χ3v) is 7.16. The Bertz CT molecular complexity index is 1190. The minimum atomic E-state index is -3.63. The summed E-state index contributed by atoms with van der Waals surface area (Å²) in [4.78, 5) is 0. The van der Waals surface area contributed by atoms with Gasteiger partial charge in [-0.3, -0.25) is 5.10 Å². The van der Waals surface area contributed by atoms with E-state index in [2.05, 4.69) is 14.9 Å². The highest BCUT2D eigenvalue weighted by Gasteiger charge is 2.24. The third-order valence-electron chi connectivity index (χ3n) is 5.99. The SMILES string of the molecule is C[C@H](NS(=O)(=O)C=Cc1n[nH]c2c1CCCCC2Cc1cccc(F)c1)c1ccccc1. The van der Waals surface area contributed by atoms with Gasteiger partial charge in [0.25, 0.3) is 0 Å². The molecule has 1 heterocycles. The molecule has 2 atom stereocenters. The highest BCUT2D eigenvalue weighted by atomic mass is 32.2. The van der Waals surface area contributed by atoms with E-state index in [9.17, 15) is 12.8 Å². The number of benzene rings is 2. The van der Waals surface area contributed by atoms with Crippen molar-refractivity contribution in [1.82, 2.24) is 14.9 Å². The number of aromatic nitrogens is 2. The largest absolute Gasteiger partial charge is 0.281 e. The van der Waals surface area contributed by atoms with Crippen LogP contribution in [0.25, 0.3) is 6.08 Å². The summed E-state index contributed by atoms with van der Waals surface area (Å²) < 4.78 is 41.5. The van der Waals surface area contributed by atoms with E-state index < -0.39 is 10.0 Å². The average Bonchev–Trinajstić information content (AvgIpc) is 3.07. The molecular weight excluding hydrogens is 425 g/mol. The standard InChI is InChI=1S/C25H28FN3O2S/c1-18(20-9-3-2-4-10-20)29-32(30,31)15-14-24-23-13-6-5-11-21(25(23)28-27-24)16-19-8-7-12-22(26)17-19/h2-4,7-10,12,14-15,17-18,21,29H,5-6,11,13,16H2,1H3,(H,27,28)/t18-,21?/m0/s1. The summed E-state index contributed by atoms with van der Waals surface area (Å²) in [5.41, 5.74) is 4.61. The topological polar surface area (TPSA) is 74.8 Å². The smallest absolute Gasteiger partial charge is 0.234 e. The molecule has 0 saturated carbocycles. The van der Waals surface area contributed by atoms with Crippen LogP contribution < -0.4 is 4.72 Å². The van der Waals surface area contributed by atoms with Crippen molar-refractivity contribution in [2.24, 2.45) is 0 Å². The Morgan fingerprint density at radius 2 is 2.00 bits per heavy atom. The molecule has 2 N–H and O–H groups in total. The number of halogens is 1. The van der Waals surface area contributed by atoms with Gasteiger partial charge in [0.2, 0.25) is 10.0 Å². The lowest BCUT2D eigenvalue weighted by Gasteiger charge is -2.14. The second-order valence-corrected chi connectivity index (χ2v) is 9.97. The fraction of sp³-hybridized carbons (Fsp3) is 0.320. The minimum Gasteiger partial charge on any atom is -0.281 e. The molecule has 0 bridgehead atoms. The van der Waals surface area contributed by atoms with Gasteiger partial charge < -0.3 is 0 Å². The molecule has 7 heteroatoms. The number of aromatic amines is 1. The molecule has 0 radical (unpaired) electrons. The summed E-state index contributed by atoms with van der Waals surface area (Å²) in [5, 5.41) is 8.74. The second kappa shape index (κ2) is 9.79. The van der Waals surface area contributed by atoms with E-state index in [0.717, 1.165) is 54.5 Å². The van der Waals surface area contributed by atoms with E-state index in [1.807, 2.05) is 43.3 Å². The number of nitrogens with one attached hydrogen (secondary N) is 2. The molecule has 168 valence electrons. The summed E-state index contributed by atoms with van der Waals surface area (Å²) in [5.74, 6) is -0.0243. The monoisotopic (exact) mass is 453 g/mol. The van der Waals surface area contributed by atoms with Crippen LogP contribution in [-0.2, 0) is 22.9 Å². The minimum absolute atomic E-state index is 0.205. The maximum atomic E-state index is 13.6. The Hall–Kier alpha value is -2.77. The van der Waals surface area contributed by atoms with Crippen molar-refractivity contribution < 1.29 is 12.8 Å².